The lowest BCUT2D eigenvalue weighted by Crippen LogP contribution is -1.83. The first kappa shape index (κ1) is 12.1. The van der Waals surface area contributed by atoms with Gasteiger partial charge in [0.1, 0.15) is 11.2 Å². The summed E-state index contributed by atoms with van der Waals surface area (Å²) in [5.41, 5.74) is 5.87. The Morgan fingerprint density at radius 2 is 1.58 bits per heavy atom. The van der Waals surface area contributed by atoms with Gasteiger partial charge in [0.25, 0.3) is 0 Å². The first-order valence-electron chi connectivity index (χ1n) is 8.00. The molecule has 0 aliphatic rings. The van der Waals surface area contributed by atoms with Gasteiger partial charge in [0, 0.05) is 16.2 Å². The molecule has 0 fully saturated rings. The van der Waals surface area contributed by atoms with Crippen molar-refractivity contribution in [1.29, 1.82) is 0 Å². The number of para-hydroxylation sites is 1. The van der Waals surface area contributed by atoms with E-state index in [1.165, 1.54) is 0 Å². The van der Waals surface area contributed by atoms with Crippen molar-refractivity contribution in [3.8, 4) is 0 Å². The Labute approximate surface area is 136 Å². The fourth-order valence-corrected chi connectivity index (χ4v) is 3.73. The van der Waals surface area contributed by atoms with Crippen LogP contribution in [0.15, 0.2) is 71.1 Å². The van der Waals surface area contributed by atoms with E-state index in [1.807, 2.05) is 36.4 Å². The standard InChI is InChI=1S/C21H12N2O/c1-2-7-14-12(5-1)11-16-21(23-14)13-6-3-9-17-19(13)20-15(22-16)8-4-10-18(20)24-17/h1-11,22H. The van der Waals surface area contributed by atoms with Crippen molar-refractivity contribution in [2.75, 3.05) is 0 Å². The number of furan rings is 1. The van der Waals surface area contributed by atoms with Gasteiger partial charge in [0.2, 0.25) is 0 Å². The maximum Gasteiger partial charge on any atom is 0.137 e. The molecule has 0 bridgehead atoms. The average molecular weight is 308 g/mol. The second kappa shape index (κ2) is 4.15. The molecule has 3 heteroatoms. The van der Waals surface area contributed by atoms with Gasteiger partial charge in [-0.2, -0.15) is 0 Å². The maximum atomic E-state index is 6.04. The molecule has 6 rings (SSSR count). The third-order valence-electron chi connectivity index (χ3n) is 4.77. The number of H-pyrrole nitrogens is 1. The quantitative estimate of drug-likeness (QED) is 0.387. The highest BCUT2D eigenvalue weighted by molar-refractivity contribution is 6.25. The Kier molecular flexibility index (Phi) is 2.10. The van der Waals surface area contributed by atoms with E-state index in [4.69, 9.17) is 9.40 Å². The molecule has 0 saturated heterocycles. The van der Waals surface area contributed by atoms with Crippen LogP contribution in [-0.2, 0) is 0 Å². The zero-order chi connectivity index (χ0) is 15.7. The molecule has 0 aliphatic carbocycles. The lowest BCUT2D eigenvalue weighted by molar-refractivity contribution is 0.669. The highest BCUT2D eigenvalue weighted by Gasteiger charge is 2.14. The van der Waals surface area contributed by atoms with Crippen LogP contribution < -0.4 is 0 Å². The molecule has 112 valence electrons. The van der Waals surface area contributed by atoms with Gasteiger partial charge in [-0.1, -0.05) is 36.4 Å². The Morgan fingerprint density at radius 3 is 2.54 bits per heavy atom. The number of benzene rings is 3. The number of fused-ring (bicyclic) bond motifs is 3. The summed E-state index contributed by atoms with van der Waals surface area (Å²) in [6.45, 7) is 0. The monoisotopic (exact) mass is 308 g/mol. The Morgan fingerprint density at radius 1 is 0.750 bits per heavy atom. The molecule has 0 radical (unpaired) electrons. The van der Waals surface area contributed by atoms with Crippen LogP contribution in [0.1, 0.15) is 0 Å². The molecular weight excluding hydrogens is 296 g/mol. The highest BCUT2D eigenvalue weighted by Crippen LogP contribution is 2.37. The summed E-state index contributed by atoms with van der Waals surface area (Å²) in [5.74, 6) is 0. The Balaban J connectivity index is 2.04. The predicted octanol–water partition coefficient (Wildman–Crippen LogP) is 5.77. The van der Waals surface area contributed by atoms with E-state index in [1.54, 1.807) is 0 Å². The molecule has 0 amide bonds. The Hall–Kier alpha value is -3.33. The first-order chi connectivity index (χ1) is 11.9. The number of rotatable bonds is 0. The minimum Gasteiger partial charge on any atom is -0.456 e. The van der Waals surface area contributed by atoms with E-state index in [0.717, 1.165) is 54.8 Å². The smallest absolute Gasteiger partial charge is 0.137 e. The zero-order valence-electron chi connectivity index (χ0n) is 12.7. The molecule has 24 heavy (non-hydrogen) atoms. The van der Waals surface area contributed by atoms with Crippen LogP contribution in [0.25, 0.3) is 54.8 Å². The number of nitrogens with zero attached hydrogens (tertiary/aromatic N) is 1. The van der Waals surface area contributed by atoms with Crippen molar-refractivity contribution >= 4 is 54.8 Å². The van der Waals surface area contributed by atoms with Gasteiger partial charge in [0.05, 0.1) is 27.5 Å². The van der Waals surface area contributed by atoms with Crippen molar-refractivity contribution in [3.05, 3.63) is 66.7 Å². The van der Waals surface area contributed by atoms with Crippen LogP contribution in [0.3, 0.4) is 0 Å². The number of hydrogen-bond donors (Lipinski definition) is 1. The minimum atomic E-state index is 0.902. The van der Waals surface area contributed by atoms with Crippen LogP contribution in [-0.4, -0.2) is 9.97 Å². The Bertz CT molecular complexity index is 1410. The number of pyridine rings is 1. The number of aromatic nitrogens is 2. The topological polar surface area (TPSA) is 41.8 Å². The third-order valence-corrected chi connectivity index (χ3v) is 4.77. The van der Waals surface area contributed by atoms with Crippen molar-refractivity contribution < 1.29 is 4.42 Å². The molecule has 0 unspecified atom stereocenters. The van der Waals surface area contributed by atoms with Crippen LogP contribution in [0.5, 0.6) is 0 Å². The fraction of sp³-hybridized carbons (Fsp3) is 0. The highest BCUT2D eigenvalue weighted by atomic mass is 16.3. The molecule has 0 aliphatic heterocycles. The van der Waals surface area contributed by atoms with E-state index in [-0.39, 0.29) is 0 Å². The fourth-order valence-electron chi connectivity index (χ4n) is 3.73. The SMILES string of the molecule is c1ccc2nc3c(cc2c1)[nH]c1cccc2oc4cccc3c4c12. The van der Waals surface area contributed by atoms with E-state index < -0.39 is 0 Å². The molecule has 1 N–H and O–H groups in total. The molecule has 3 aromatic heterocycles. The van der Waals surface area contributed by atoms with E-state index in [9.17, 15) is 0 Å². The van der Waals surface area contributed by atoms with Gasteiger partial charge in [-0.25, -0.2) is 4.98 Å². The molecule has 0 spiro atoms. The van der Waals surface area contributed by atoms with Crippen LogP contribution >= 0.6 is 0 Å². The average Bonchev–Trinajstić information content (AvgIpc) is 2.94. The molecule has 3 nitrogen and oxygen atoms in total. The van der Waals surface area contributed by atoms with Gasteiger partial charge in [0.15, 0.2) is 0 Å². The van der Waals surface area contributed by atoms with Crippen molar-refractivity contribution in [2.45, 2.75) is 0 Å². The zero-order valence-corrected chi connectivity index (χ0v) is 12.7. The van der Waals surface area contributed by atoms with Gasteiger partial charge in [-0.3, -0.25) is 0 Å². The molecule has 0 saturated carbocycles. The lowest BCUT2D eigenvalue weighted by atomic mass is 10.1. The summed E-state index contributed by atoms with van der Waals surface area (Å²) in [4.78, 5) is 8.52. The van der Waals surface area contributed by atoms with Crippen molar-refractivity contribution in [1.82, 2.24) is 9.97 Å². The maximum absolute atomic E-state index is 6.04. The van der Waals surface area contributed by atoms with Gasteiger partial charge in [-0.15, -0.1) is 0 Å². The summed E-state index contributed by atoms with van der Waals surface area (Å²) >= 11 is 0. The molecule has 6 aromatic rings. The molecule has 3 aromatic carbocycles. The third kappa shape index (κ3) is 1.44. The second-order valence-corrected chi connectivity index (χ2v) is 6.16. The normalized spacial score (nSPS) is 12.2. The summed E-state index contributed by atoms with van der Waals surface area (Å²) < 4.78 is 6.04. The van der Waals surface area contributed by atoms with Crippen LogP contribution in [0, 0.1) is 0 Å². The van der Waals surface area contributed by atoms with Crippen molar-refractivity contribution in [2.24, 2.45) is 0 Å². The second-order valence-electron chi connectivity index (χ2n) is 6.16. The van der Waals surface area contributed by atoms with Crippen molar-refractivity contribution in [3.63, 3.8) is 0 Å². The number of aromatic amines is 1. The predicted molar refractivity (Wildman–Crippen MR) is 98.4 cm³/mol. The minimum absolute atomic E-state index is 0.902. The molecule has 3 heterocycles. The van der Waals surface area contributed by atoms with E-state index in [0.29, 0.717) is 0 Å². The molecule has 0 atom stereocenters. The van der Waals surface area contributed by atoms with Gasteiger partial charge >= 0.3 is 0 Å². The summed E-state index contributed by atoms with van der Waals surface area (Å²) in [6.07, 6.45) is 0. The van der Waals surface area contributed by atoms with Gasteiger partial charge < -0.3 is 9.40 Å². The first-order valence-corrected chi connectivity index (χ1v) is 8.00. The van der Waals surface area contributed by atoms with Crippen LogP contribution in [0.2, 0.25) is 0 Å². The summed E-state index contributed by atoms with van der Waals surface area (Å²) in [7, 11) is 0. The van der Waals surface area contributed by atoms with E-state index in [2.05, 4.69) is 35.3 Å². The largest absolute Gasteiger partial charge is 0.456 e. The lowest BCUT2D eigenvalue weighted by Gasteiger charge is -2.01. The van der Waals surface area contributed by atoms with E-state index >= 15 is 0 Å². The van der Waals surface area contributed by atoms with Gasteiger partial charge in [-0.05, 0) is 30.3 Å². The number of nitrogens with one attached hydrogen (secondary N) is 1. The molecular formula is C21H12N2O. The summed E-state index contributed by atoms with van der Waals surface area (Å²) in [5, 5.41) is 4.51. The van der Waals surface area contributed by atoms with Crippen LogP contribution in [0.4, 0.5) is 0 Å². The summed E-state index contributed by atoms with van der Waals surface area (Å²) in [6, 6.07) is 22.7. The number of hydrogen-bond acceptors (Lipinski definition) is 2.